The van der Waals surface area contributed by atoms with E-state index < -0.39 is 10.2 Å². The highest BCUT2D eigenvalue weighted by atomic mass is 32.2. The van der Waals surface area contributed by atoms with Crippen LogP contribution in [0.5, 0.6) is 0 Å². The van der Waals surface area contributed by atoms with Crippen molar-refractivity contribution in [2.75, 3.05) is 13.6 Å². The number of nitrogens with one attached hydrogen (secondary N) is 1. The Balaban J connectivity index is 2.62. The van der Waals surface area contributed by atoms with Crippen LogP contribution in [0.25, 0.3) is 0 Å². The Morgan fingerprint density at radius 2 is 1.84 bits per heavy atom. The fourth-order valence-corrected chi connectivity index (χ4v) is 4.08. The van der Waals surface area contributed by atoms with Crippen molar-refractivity contribution in [3.8, 4) is 0 Å². The number of rotatable bonds is 7. The van der Waals surface area contributed by atoms with Crippen LogP contribution in [0.4, 0.5) is 0 Å². The molecule has 5 nitrogen and oxygen atoms in total. The van der Waals surface area contributed by atoms with Crippen LogP contribution in [-0.4, -0.2) is 38.4 Å². The fraction of sp³-hybridized carbons (Fsp3) is 1.00. The van der Waals surface area contributed by atoms with Gasteiger partial charge < -0.3 is 5.73 Å². The highest BCUT2D eigenvalue weighted by Crippen LogP contribution is 2.23. The summed E-state index contributed by atoms with van der Waals surface area (Å²) in [6.45, 7) is 4.49. The first kappa shape index (κ1) is 16.9. The molecular formula is C13H29N3O2S. The molecule has 1 fully saturated rings. The van der Waals surface area contributed by atoms with Gasteiger partial charge in [0.1, 0.15) is 0 Å². The molecule has 0 amide bonds. The third-order valence-corrected chi connectivity index (χ3v) is 5.51. The highest BCUT2D eigenvalue weighted by molar-refractivity contribution is 7.87. The number of hydrogen-bond donors (Lipinski definition) is 2. The van der Waals surface area contributed by atoms with Crippen LogP contribution in [0.3, 0.4) is 0 Å². The average molecular weight is 291 g/mol. The quantitative estimate of drug-likeness (QED) is 0.745. The lowest BCUT2D eigenvalue weighted by molar-refractivity contribution is 0.280. The normalized spacial score (nSPS) is 20.1. The lowest BCUT2D eigenvalue weighted by Crippen LogP contribution is -2.50. The molecule has 19 heavy (non-hydrogen) atoms. The second-order valence-corrected chi connectivity index (χ2v) is 7.75. The van der Waals surface area contributed by atoms with Crippen LogP contribution >= 0.6 is 0 Å². The van der Waals surface area contributed by atoms with Crippen molar-refractivity contribution in [2.24, 2.45) is 11.7 Å². The van der Waals surface area contributed by atoms with Gasteiger partial charge in [-0.2, -0.15) is 17.4 Å². The smallest absolute Gasteiger partial charge is 0.279 e. The van der Waals surface area contributed by atoms with Crippen molar-refractivity contribution in [2.45, 2.75) is 64.5 Å². The molecular weight excluding hydrogens is 262 g/mol. The second-order valence-electron chi connectivity index (χ2n) is 5.99. The minimum atomic E-state index is -3.41. The molecule has 1 saturated carbocycles. The molecule has 0 saturated heterocycles. The van der Waals surface area contributed by atoms with E-state index in [1.54, 1.807) is 7.05 Å². The summed E-state index contributed by atoms with van der Waals surface area (Å²) in [4.78, 5) is 0. The molecule has 3 N–H and O–H groups in total. The van der Waals surface area contributed by atoms with Crippen LogP contribution in [-0.2, 0) is 10.2 Å². The molecule has 1 aliphatic carbocycles. The molecule has 0 aromatic rings. The fourth-order valence-electron chi connectivity index (χ4n) is 2.70. The number of hydrogen-bond acceptors (Lipinski definition) is 3. The highest BCUT2D eigenvalue weighted by Gasteiger charge is 2.29. The van der Waals surface area contributed by atoms with E-state index in [1.807, 2.05) is 0 Å². The zero-order valence-electron chi connectivity index (χ0n) is 12.4. The third-order valence-electron chi connectivity index (χ3n) is 3.82. The Hall–Kier alpha value is -0.170. The minimum absolute atomic E-state index is 0.142. The molecule has 0 aliphatic heterocycles. The van der Waals surface area contributed by atoms with Gasteiger partial charge in [-0.25, -0.2) is 0 Å². The van der Waals surface area contributed by atoms with Gasteiger partial charge in [0.15, 0.2) is 0 Å². The molecule has 1 rings (SSSR count). The number of nitrogens with two attached hydrogens (primary N) is 1. The van der Waals surface area contributed by atoms with Gasteiger partial charge in [-0.15, -0.1) is 0 Å². The summed E-state index contributed by atoms with van der Waals surface area (Å²) in [6.07, 6.45) is 6.17. The third kappa shape index (κ3) is 5.38. The van der Waals surface area contributed by atoms with E-state index in [0.717, 1.165) is 32.1 Å². The maximum atomic E-state index is 12.3. The zero-order chi connectivity index (χ0) is 14.5. The van der Waals surface area contributed by atoms with Crippen LogP contribution in [0.1, 0.15) is 52.4 Å². The SMILES string of the molecule is CC(C)C[C@@H](CN)NS(=O)(=O)N(C)C1CCCCC1. The first-order chi connectivity index (χ1) is 8.86. The molecule has 0 spiro atoms. The van der Waals surface area contributed by atoms with Crippen molar-refractivity contribution in [3.05, 3.63) is 0 Å². The van der Waals surface area contributed by atoms with Gasteiger partial charge in [-0.1, -0.05) is 33.1 Å². The Morgan fingerprint density at radius 1 is 1.26 bits per heavy atom. The Bertz CT molecular complexity index is 351. The van der Waals surface area contributed by atoms with Gasteiger partial charge in [-0.05, 0) is 25.2 Å². The van der Waals surface area contributed by atoms with E-state index in [1.165, 1.54) is 10.7 Å². The molecule has 114 valence electrons. The predicted molar refractivity (Wildman–Crippen MR) is 79.0 cm³/mol. The van der Waals surface area contributed by atoms with Gasteiger partial charge in [-0.3, -0.25) is 0 Å². The summed E-state index contributed by atoms with van der Waals surface area (Å²) < 4.78 is 28.9. The summed E-state index contributed by atoms with van der Waals surface area (Å²) >= 11 is 0. The summed E-state index contributed by atoms with van der Waals surface area (Å²) in [5.41, 5.74) is 5.66. The van der Waals surface area contributed by atoms with Crippen molar-refractivity contribution < 1.29 is 8.42 Å². The molecule has 0 bridgehead atoms. The van der Waals surface area contributed by atoms with E-state index in [2.05, 4.69) is 18.6 Å². The Kier molecular flexibility index (Phi) is 6.73. The van der Waals surface area contributed by atoms with E-state index in [-0.39, 0.29) is 12.1 Å². The maximum absolute atomic E-state index is 12.3. The van der Waals surface area contributed by atoms with Gasteiger partial charge in [0, 0.05) is 25.7 Å². The first-order valence-corrected chi connectivity index (χ1v) is 8.76. The first-order valence-electron chi connectivity index (χ1n) is 7.32. The summed E-state index contributed by atoms with van der Waals surface area (Å²) in [5, 5.41) is 0. The van der Waals surface area contributed by atoms with Gasteiger partial charge >= 0.3 is 0 Å². The van der Waals surface area contributed by atoms with Gasteiger partial charge in [0.25, 0.3) is 10.2 Å². The van der Waals surface area contributed by atoms with Crippen LogP contribution in [0.15, 0.2) is 0 Å². The van der Waals surface area contributed by atoms with Crippen molar-refractivity contribution in [3.63, 3.8) is 0 Å². The monoisotopic (exact) mass is 291 g/mol. The molecule has 0 unspecified atom stereocenters. The molecule has 0 heterocycles. The van der Waals surface area contributed by atoms with Crippen molar-refractivity contribution in [1.82, 2.24) is 9.03 Å². The summed E-state index contributed by atoms with van der Waals surface area (Å²) in [7, 11) is -1.73. The largest absolute Gasteiger partial charge is 0.329 e. The van der Waals surface area contributed by atoms with Crippen molar-refractivity contribution >= 4 is 10.2 Å². The second kappa shape index (κ2) is 7.57. The van der Waals surface area contributed by atoms with E-state index >= 15 is 0 Å². The number of nitrogens with zero attached hydrogens (tertiary/aromatic N) is 1. The van der Waals surface area contributed by atoms with E-state index in [4.69, 9.17) is 5.73 Å². The van der Waals surface area contributed by atoms with Gasteiger partial charge in [0.2, 0.25) is 0 Å². The predicted octanol–water partition coefficient (Wildman–Crippen LogP) is 1.46. The Labute approximate surface area is 118 Å². The lowest BCUT2D eigenvalue weighted by Gasteiger charge is -2.32. The molecule has 1 aliphatic rings. The van der Waals surface area contributed by atoms with Crippen LogP contribution in [0.2, 0.25) is 0 Å². The molecule has 1 atom stereocenters. The molecule has 0 radical (unpaired) electrons. The van der Waals surface area contributed by atoms with E-state index in [0.29, 0.717) is 12.5 Å². The topological polar surface area (TPSA) is 75.4 Å². The minimum Gasteiger partial charge on any atom is -0.329 e. The molecule has 0 aromatic carbocycles. The zero-order valence-corrected chi connectivity index (χ0v) is 13.2. The van der Waals surface area contributed by atoms with Gasteiger partial charge in [0.05, 0.1) is 0 Å². The van der Waals surface area contributed by atoms with Crippen LogP contribution < -0.4 is 10.5 Å². The van der Waals surface area contributed by atoms with E-state index in [9.17, 15) is 8.42 Å². The Morgan fingerprint density at radius 3 is 2.32 bits per heavy atom. The maximum Gasteiger partial charge on any atom is 0.279 e. The summed E-state index contributed by atoms with van der Waals surface area (Å²) in [5.74, 6) is 0.427. The molecule has 0 aromatic heterocycles. The summed E-state index contributed by atoms with van der Waals surface area (Å²) in [6, 6.07) is -0.0280. The van der Waals surface area contributed by atoms with Crippen molar-refractivity contribution in [1.29, 1.82) is 0 Å². The standard InChI is InChI=1S/C13H29N3O2S/c1-11(2)9-12(10-14)15-19(17,18)16(3)13-7-5-4-6-8-13/h11-13,15H,4-10,14H2,1-3H3/t12-/m0/s1. The van der Waals surface area contributed by atoms with Crippen LogP contribution in [0, 0.1) is 5.92 Å². The average Bonchev–Trinajstić information content (AvgIpc) is 2.37. The lowest BCUT2D eigenvalue weighted by atomic mass is 9.96. The molecule has 6 heteroatoms.